The third-order valence-corrected chi connectivity index (χ3v) is 3.84. The second-order valence-electron chi connectivity index (χ2n) is 5.09. The fraction of sp³-hybridized carbons (Fsp3) is 0.158. The summed E-state index contributed by atoms with van der Waals surface area (Å²) in [6.07, 6.45) is 1.63. The molecule has 0 amide bonds. The van der Waals surface area contributed by atoms with Crippen LogP contribution in [0.5, 0.6) is 17.2 Å². The molecule has 0 aliphatic carbocycles. The van der Waals surface area contributed by atoms with Crippen molar-refractivity contribution in [3.8, 4) is 17.2 Å². The topological polar surface area (TPSA) is 57.7 Å². The molecule has 0 radical (unpaired) electrons. The first-order valence-electron chi connectivity index (χ1n) is 7.38. The number of fused-ring (bicyclic) bond motifs is 1. The third kappa shape index (κ3) is 2.54. The molecular weight excluding hydrogens is 306 g/mol. The summed E-state index contributed by atoms with van der Waals surface area (Å²) in [7, 11) is 4.53. The molecule has 0 unspecified atom stereocenters. The van der Waals surface area contributed by atoms with Gasteiger partial charge < -0.3 is 14.2 Å². The van der Waals surface area contributed by atoms with E-state index >= 15 is 0 Å². The standard InChI is InChI=1S/C19H17NO4/c1-22-15-9-8-14(18(23-2)19(15)24-3)17(21)16-13-7-5-4-6-12(13)10-11-20-16/h4-11H,1-3H3. The number of pyridine rings is 1. The lowest BCUT2D eigenvalue weighted by atomic mass is 10.0. The lowest BCUT2D eigenvalue weighted by Crippen LogP contribution is -2.08. The van der Waals surface area contributed by atoms with E-state index in [0.29, 0.717) is 28.5 Å². The van der Waals surface area contributed by atoms with E-state index in [1.54, 1.807) is 18.3 Å². The van der Waals surface area contributed by atoms with Crippen molar-refractivity contribution in [3.05, 3.63) is 59.9 Å². The summed E-state index contributed by atoms with van der Waals surface area (Å²) in [6.45, 7) is 0. The maximum Gasteiger partial charge on any atom is 0.215 e. The minimum Gasteiger partial charge on any atom is -0.493 e. The highest BCUT2D eigenvalue weighted by atomic mass is 16.5. The van der Waals surface area contributed by atoms with Gasteiger partial charge in [-0.3, -0.25) is 9.78 Å². The molecule has 24 heavy (non-hydrogen) atoms. The molecule has 3 rings (SSSR count). The zero-order chi connectivity index (χ0) is 17.1. The molecule has 1 aromatic heterocycles. The van der Waals surface area contributed by atoms with E-state index in [-0.39, 0.29) is 5.78 Å². The lowest BCUT2D eigenvalue weighted by Gasteiger charge is -2.15. The van der Waals surface area contributed by atoms with Gasteiger partial charge in [-0.2, -0.15) is 0 Å². The maximum absolute atomic E-state index is 13.1. The molecule has 0 spiro atoms. The lowest BCUT2D eigenvalue weighted by molar-refractivity contribution is 0.103. The molecule has 0 saturated carbocycles. The van der Waals surface area contributed by atoms with Crippen LogP contribution in [-0.2, 0) is 0 Å². The molecule has 0 saturated heterocycles. The third-order valence-electron chi connectivity index (χ3n) is 3.84. The number of aromatic nitrogens is 1. The summed E-state index contributed by atoms with van der Waals surface area (Å²) >= 11 is 0. The SMILES string of the molecule is COc1ccc(C(=O)c2nccc3ccccc23)c(OC)c1OC. The molecule has 0 aliphatic rings. The molecule has 0 aliphatic heterocycles. The number of nitrogens with zero attached hydrogens (tertiary/aromatic N) is 1. The molecule has 5 nitrogen and oxygen atoms in total. The van der Waals surface area contributed by atoms with Gasteiger partial charge in [-0.1, -0.05) is 24.3 Å². The van der Waals surface area contributed by atoms with E-state index in [0.717, 1.165) is 10.8 Å². The van der Waals surface area contributed by atoms with Crippen molar-refractivity contribution in [1.29, 1.82) is 0 Å². The number of hydrogen-bond acceptors (Lipinski definition) is 5. The first-order valence-corrected chi connectivity index (χ1v) is 7.38. The zero-order valence-corrected chi connectivity index (χ0v) is 13.7. The monoisotopic (exact) mass is 323 g/mol. The van der Waals surface area contributed by atoms with Crippen LogP contribution in [0.1, 0.15) is 16.1 Å². The minimum atomic E-state index is -0.232. The van der Waals surface area contributed by atoms with Crippen molar-refractivity contribution in [1.82, 2.24) is 4.98 Å². The molecule has 0 atom stereocenters. The van der Waals surface area contributed by atoms with Gasteiger partial charge in [0.05, 0.1) is 26.9 Å². The number of carbonyl (C=O) groups excluding carboxylic acids is 1. The van der Waals surface area contributed by atoms with Crippen molar-refractivity contribution in [3.63, 3.8) is 0 Å². The van der Waals surface area contributed by atoms with Crippen molar-refractivity contribution >= 4 is 16.6 Å². The van der Waals surface area contributed by atoms with Crippen LogP contribution in [0.4, 0.5) is 0 Å². The Bertz CT molecular complexity index is 900. The van der Waals surface area contributed by atoms with Crippen LogP contribution >= 0.6 is 0 Å². The molecule has 1 heterocycles. The Balaban J connectivity index is 2.20. The highest BCUT2D eigenvalue weighted by Gasteiger charge is 2.23. The Morgan fingerprint density at radius 3 is 2.33 bits per heavy atom. The number of ether oxygens (including phenoxy) is 3. The molecule has 2 aromatic carbocycles. The number of ketones is 1. The summed E-state index contributed by atoms with van der Waals surface area (Å²) in [6, 6.07) is 12.8. The largest absolute Gasteiger partial charge is 0.493 e. The van der Waals surface area contributed by atoms with E-state index in [1.807, 2.05) is 30.3 Å². The number of carbonyl (C=O) groups is 1. The average Bonchev–Trinajstić information content (AvgIpc) is 2.65. The van der Waals surface area contributed by atoms with E-state index in [4.69, 9.17) is 14.2 Å². The molecule has 0 fully saturated rings. The smallest absolute Gasteiger partial charge is 0.215 e. The van der Waals surface area contributed by atoms with Crippen LogP contribution < -0.4 is 14.2 Å². The van der Waals surface area contributed by atoms with Gasteiger partial charge in [0.15, 0.2) is 11.5 Å². The van der Waals surface area contributed by atoms with E-state index in [9.17, 15) is 4.79 Å². The van der Waals surface area contributed by atoms with Gasteiger partial charge in [0, 0.05) is 11.6 Å². The zero-order valence-electron chi connectivity index (χ0n) is 13.7. The van der Waals surface area contributed by atoms with Gasteiger partial charge >= 0.3 is 0 Å². The van der Waals surface area contributed by atoms with Crippen LogP contribution in [0.25, 0.3) is 10.8 Å². The summed E-state index contributed by atoms with van der Waals surface area (Å²) < 4.78 is 16.0. The van der Waals surface area contributed by atoms with Crippen molar-refractivity contribution in [2.24, 2.45) is 0 Å². The Morgan fingerprint density at radius 2 is 1.62 bits per heavy atom. The summed E-state index contributed by atoms with van der Waals surface area (Å²) in [5.74, 6) is 0.976. The summed E-state index contributed by atoms with van der Waals surface area (Å²) in [5, 5.41) is 1.75. The molecule has 0 bridgehead atoms. The maximum atomic E-state index is 13.1. The van der Waals surface area contributed by atoms with Crippen LogP contribution in [0.15, 0.2) is 48.7 Å². The Kier molecular flexibility index (Phi) is 4.33. The predicted molar refractivity (Wildman–Crippen MR) is 91.3 cm³/mol. The van der Waals surface area contributed by atoms with E-state index in [1.165, 1.54) is 21.3 Å². The van der Waals surface area contributed by atoms with Crippen molar-refractivity contribution in [2.75, 3.05) is 21.3 Å². The van der Waals surface area contributed by atoms with Crippen LogP contribution in [-0.4, -0.2) is 32.1 Å². The minimum absolute atomic E-state index is 0.232. The number of hydrogen-bond donors (Lipinski definition) is 0. The first-order chi connectivity index (χ1) is 11.7. The second kappa shape index (κ2) is 6.58. The summed E-state index contributed by atoms with van der Waals surface area (Å²) in [4.78, 5) is 17.3. The second-order valence-corrected chi connectivity index (χ2v) is 5.09. The Hall–Kier alpha value is -3.08. The highest BCUT2D eigenvalue weighted by molar-refractivity contribution is 6.16. The van der Waals surface area contributed by atoms with Gasteiger partial charge in [-0.15, -0.1) is 0 Å². The predicted octanol–water partition coefficient (Wildman–Crippen LogP) is 3.49. The molecular formula is C19H17NO4. The van der Waals surface area contributed by atoms with Crippen molar-refractivity contribution < 1.29 is 19.0 Å². The summed E-state index contributed by atoms with van der Waals surface area (Å²) in [5.41, 5.74) is 0.748. The van der Waals surface area contributed by atoms with Gasteiger partial charge in [0.2, 0.25) is 11.5 Å². The quantitative estimate of drug-likeness (QED) is 0.673. The van der Waals surface area contributed by atoms with E-state index in [2.05, 4.69) is 4.98 Å². The van der Waals surface area contributed by atoms with Crippen LogP contribution in [0.3, 0.4) is 0 Å². The van der Waals surface area contributed by atoms with Gasteiger partial charge in [-0.05, 0) is 23.6 Å². The average molecular weight is 323 g/mol. The Morgan fingerprint density at radius 1 is 0.875 bits per heavy atom. The van der Waals surface area contributed by atoms with Gasteiger partial charge in [0.1, 0.15) is 5.69 Å². The molecule has 0 N–H and O–H groups in total. The molecule has 5 heteroatoms. The number of rotatable bonds is 5. The van der Waals surface area contributed by atoms with Crippen molar-refractivity contribution in [2.45, 2.75) is 0 Å². The molecule has 3 aromatic rings. The highest BCUT2D eigenvalue weighted by Crippen LogP contribution is 2.40. The number of benzene rings is 2. The van der Waals surface area contributed by atoms with E-state index < -0.39 is 0 Å². The van der Waals surface area contributed by atoms with Gasteiger partial charge in [0.25, 0.3) is 0 Å². The van der Waals surface area contributed by atoms with Gasteiger partial charge in [-0.25, -0.2) is 0 Å². The van der Waals surface area contributed by atoms with Crippen LogP contribution in [0, 0.1) is 0 Å². The molecule has 122 valence electrons. The first kappa shape index (κ1) is 15.8. The fourth-order valence-corrected chi connectivity index (χ4v) is 2.71. The van der Waals surface area contributed by atoms with Crippen LogP contribution in [0.2, 0.25) is 0 Å². The number of methoxy groups -OCH3 is 3. The Labute approximate surface area is 139 Å². The fourth-order valence-electron chi connectivity index (χ4n) is 2.71. The normalized spacial score (nSPS) is 10.5.